The maximum Gasteiger partial charge on any atom is 0.337 e. The number of hydrogen-bond acceptors (Lipinski definition) is 7. The van der Waals surface area contributed by atoms with Crippen molar-refractivity contribution in [2.24, 2.45) is 10.2 Å². The molecular weight excluding hydrogens is 460 g/mol. The molecule has 180 valence electrons. The van der Waals surface area contributed by atoms with Crippen LogP contribution in [-0.2, 0) is 4.79 Å². The molecule has 2 aliphatic heterocycles. The van der Waals surface area contributed by atoms with Gasteiger partial charge in [-0.15, -0.1) is 5.11 Å². The van der Waals surface area contributed by atoms with Crippen molar-refractivity contribution in [3.63, 3.8) is 0 Å². The number of nitrogens with one attached hydrogen (secondary N) is 2. The predicted octanol–water partition coefficient (Wildman–Crippen LogP) is 4.30. The summed E-state index contributed by atoms with van der Waals surface area (Å²) in [5, 5.41) is 40.7. The van der Waals surface area contributed by atoms with Gasteiger partial charge in [0, 0.05) is 17.4 Å². The number of carboxylic acid groups (broad SMARTS) is 2. The second kappa shape index (κ2) is 12.0. The van der Waals surface area contributed by atoms with Crippen molar-refractivity contribution in [1.29, 1.82) is 0 Å². The molecule has 0 unspecified atom stereocenters. The molecule has 2 aromatic rings. The summed E-state index contributed by atoms with van der Waals surface area (Å²) >= 11 is 1.87. The number of fused-ring (bicyclic) bond motifs is 1. The number of aliphatic carboxylic acids is 1. The molecular formula is C23H26N4O6S. The number of azo groups is 1. The third kappa shape index (κ3) is 7.20. The van der Waals surface area contributed by atoms with Gasteiger partial charge in [-0.25, -0.2) is 9.59 Å². The van der Waals surface area contributed by atoms with E-state index in [9.17, 15) is 14.4 Å². The first-order valence-electron chi connectivity index (χ1n) is 10.8. The molecule has 0 spiro atoms. The van der Waals surface area contributed by atoms with E-state index in [2.05, 4.69) is 20.9 Å². The lowest BCUT2D eigenvalue weighted by Gasteiger charge is -2.16. The van der Waals surface area contributed by atoms with E-state index >= 15 is 0 Å². The minimum atomic E-state index is -1.05. The quantitative estimate of drug-likeness (QED) is 0.211. The Hall–Kier alpha value is -3.60. The molecule has 0 radical (unpaired) electrons. The van der Waals surface area contributed by atoms with Crippen LogP contribution >= 0.6 is 11.8 Å². The lowest BCUT2D eigenvalue weighted by molar-refractivity contribution is -0.137. The minimum absolute atomic E-state index is 0.0640. The summed E-state index contributed by atoms with van der Waals surface area (Å²) in [5.41, 5.74) is 0.922. The molecule has 2 amide bonds. The van der Waals surface area contributed by atoms with Crippen LogP contribution in [0.3, 0.4) is 0 Å². The number of carboxylic acids is 2. The Morgan fingerprint density at radius 3 is 2.44 bits per heavy atom. The molecule has 4 rings (SSSR count). The highest BCUT2D eigenvalue weighted by molar-refractivity contribution is 8.00. The fourth-order valence-corrected chi connectivity index (χ4v) is 5.18. The van der Waals surface area contributed by atoms with Crippen molar-refractivity contribution in [2.45, 2.75) is 43.0 Å². The number of aromatic hydroxyl groups is 1. The van der Waals surface area contributed by atoms with Gasteiger partial charge in [0.15, 0.2) is 0 Å². The molecule has 11 heteroatoms. The number of hydrogen-bond donors (Lipinski definition) is 5. The number of rotatable bonds is 8. The number of benzene rings is 2. The first-order valence-corrected chi connectivity index (χ1v) is 11.8. The molecule has 2 fully saturated rings. The van der Waals surface area contributed by atoms with Crippen molar-refractivity contribution in [3.05, 3.63) is 54.1 Å². The Morgan fingerprint density at radius 2 is 1.74 bits per heavy atom. The lowest BCUT2D eigenvalue weighted by atomic mass is 10.0. The molecule has 2 aliphatic rings. The Labute approximate surface area is 200 Å². The zero-order chi connectivity index (χ0) is 24.5. The summed E-state index contributed by atoms with van der Waals surface area (Å²) in [4.78, 5) is 32.4. The molecule has 2 heterocycles. The smallest absolute Gasteiger partial charge is 0.337 e. The molecule has 0 bridgehead atoms. The summed E-state index contributed by atoms with van der Waals surface area (Å²) < 4.78 is 0. The number of nitrogens with zero attached hydrogens (tertiary/aromatic N) is 2. The highest BCUT2D eigenvalue weighted by atomic mass is 32.2. The van der Waals surface area contributed by atoms with Gasteiger partial charge in [0.25, 0.3) is 0 Å². The van der Waals surface area contributed by atoms with Crippen molar-refractivity contribution in [3.8, 4) is 5.75 Å². The number of phenols is 1. The molecule has 10 nitrogen and oxygen atoms in total. The molecule has 2 aromatic carbocycles. The summed E-state index contributed by atoms with van der Waals surface area (Å²) in [5.74, 6) is -0.671. The van der Waals surface area contributed by atoms with Crippen molar-refractivity contribution in [2.75, 3.05) is 5.75 Å². The molecule has 3 atom stereocenters. The van der Waals surface area contributed by atoms with Crippen molar-refractivity contribution in [1.82, 2.24) is 10.6 Å². The van der Waals surface area contributed by atoms with E-state index < -0.39 is 11.9 Å². The minimum Gasteiger partial charge on any atom is -0.508 e. The lowest BCUT2D eigenvalue weighted by Crippen LogP contribution is -2.36. The highest BCUT2D eigenvalue weighted by Crippen LogP contribution is 2.33. The number of thioether (sulfide) groups is 1. The molecule has 0 aliphatic carbocycles. The zero-order valence-electron chi connectivity index (χ0n) is 18.3. The maximum atomic E-state index is 11.1. The van der Waals surface area contributed by atoms with Crippen LogP contribution in [0.25, 0.3) is 0 Å². The molecule has 2 saturated heterocycles. The Balaban J connectivity index is 0.000000192. The number of carbonyl (C=O) groups excluding carboxylic acids is 1. The van der Waals surface area contributed by atoms with Gasteiger partial charge in [0.1, 0.15) is 11.4 Å². The van der Waals surface area contributed by atoms with Crippen LogP contribution in [0.15, 0.2) is 58.8 Å². The number of amides is 2. The van der Waals surface area contributed by atoms with E-state index in [0.29, 0.717) is 10.9 Å². The predicted molar refractivity (Wildman–Crippen MR) is 127 cm³/mol. The van der Waals surface area contributed by atoms with Gasteiger partial charge in [-0.3, -0.25) is 4.79 Å². The second-order valence-corrected chi connectivity index (χ2v) is 9.07. The number of urea groups is 1. The van der Waals surface area contributed by atoms with Crippen LogP contribution in [0, 0.1) is 0 Å². The fraction of sp³-hybridized carbons (Fsp3) is 0.348. The van der Waals surface area contributed by atoms with Crippen LogP contribution in [-0.4, -0.2) is 56.4 Å². The summed E-state index contributed by atoms with van der Waals surface area (Å²) in [6, 6.07) is 12.9. The van der Waals surface area contributed by atoms with Gasteiger partial charge in [-0.1, -0.05) is 18.6 Å². The molecule has 5 N–H and O–H groups in total. The van der Waals surface area contributed by atoms with Crippen molar-refractivity contribution < 1.29 is 29.7 Å². The van der Waals surface area contributed by atoms with Gasteiger partial charge in [0.05, 0.1) is 23.3 Å². The number of aromatic carboxylic acids is 1. The first kappa shape index (κ1) is 25.0. The van der Waals surface area contributed by atoms with Crippen LogP contribution in [0.5, 0.6) is 5.75 Å². The maximum absolute atomic E-state index is 11.1. The van der Waals surface area contributed by atoms with Crippen LogP contribution in [0.1, 0.15) is 36.0 Å². The average Bonchev–Trinajstić information content (AvgIpc) is 3.36. The van der Waals surface area contributed by atoms with Crippen LogP contribution in [0.4, 0.5) is 16.2 Å². The van der Waals surface area contributed by atoms with Gasteiger partial charge in [-0.05, 0) is 49.2 Å². The van der Waals surface area contributed by atoms with Crippen LogP contribution < -0.4 is 10.6 Å². The van der Waals surface area contributed by atoms with E-state index in [4.69, 9.17) is 15.3 Å². The van der Waals surface area contributed by atoms with Crippen LogP contribution in [0.2, 0.25) is 0 Å². The van der Waals surface area contributed by atoms with Gasteiger partial charge in [0.2, 0.25) is 0 Å². The fourth-order valence-electron chi connectivity index (χ4n) is 3.64. The SMILES string of the molecule is O=C(O)CCCC[C@@H]1SC[C@@H]2NC(=O)N[C@@H]21.O=C(O)c1ccccc1N=Nc1ccc(O)cc1. The van der Waals surface area contributed by atoms with E-state index in [-0.39, 0.29) is 41.5 Å². The second-order valence-electron chi connectivity index (χ2n) is 7.80. The molecule has 34 heavy (non-hydrogen) atoms. The Morgan fingerprint density at radius 1 is 1.00 bits per heavy atom. The van der Waals surface area contributed by atoms with Gasteiger partial charge < -0.3 is 26.0 Å². The standard InChI is InChI=1S/C13H10N2O3.C10H16N2O3S/c16-10-7-5-9(6-8-10)14-15-12-4-2-1-3-11(12)13(17)18;13-8(14)4-2-1-3-7-9-6(5-16-7)11-10(15)12-9/h1-8,16H,(H,17,18);6-7,9H,1-5H2,(H,13,14)(H2,11,12,15)/t;6-,7-,9-/m.0/s1. The van der Waals surface area contributed by atoms with Gasteiger partial charge in [-0.2, -0.15) is 16.9 Å². The molecule has 0 aromatic heterocycles. The average molecular weight is 487 g/mol. The number of carbonyl (C=O) groups is 3. The third-order valence-corrected chi connectivity index (χ3v) is 6.83. The Bertz CT molecular complexity index is 1050. The van der Waals surface area contributed by atoms with Gasteiger partial charge >= 0.3 is 18.0 Å². The van der Waals surface area contributed by atoms with Crippen molar-refractivity contribution >= 4 is 41.1 Å². The monoisotopic (exact) mass is 486 g/mol. The normalized spacial score (nSPS) is 20.7. The topological polar surface area (TPSA) is 161 Å². The van der Waals surface area contributed by atoms with E-state index in [1.165, 1.54) is 18.2 Å². The number of phenolic OH excluding ortho intramolecular Hbond substituents is 1. The Kier molecular flexibility index (Phi) is 8.86. The third-order valence-electron chi connectivity index (χ3n) is 5.32. The zero-order valence-corrected chi connectivity index (χ0v) is 19.1. The first-order chi connectivity index (χ1) is 16.3. The van der Waals surface area contributed by atoms with E-state index in [1.807, 2.05) is 11.8 Å². The summed E-state index contributed by atoms with van der Waals surface area (Å²) in [6.45, 7) is 0. The van der Waals surface area contributed by atoms with E-state index in [0.717, 1.165) is 25.0 Å². The largest absolute Gasteiger partial charge is 0.508 e. The highest BCUT2D eigenvalue weighted by Gasteiger charge is 2.42. The molecule has 0 saturated carbocycles. The summed E-state index contributed by atoms with van der Waals surface area (Å²) in [6.07, 6.45) is 2.88. The van der Waals surface area contributed by atoms with E-state index in [1.54, 1.807) is 30.3 Å². The summed E-state index contributed by atoms with van der Waals surface area (Å²) in [7, 11) is 0. The number of unbranched alkanes of at least 4 members (excludes halogenated alkanes) is 1.